The van der Waals surface area contributed by atoms with Crippen molar-refractivity contribution in [2.75, 3.05) is 0 Å². The van der Waals surface area contributed by atoms with Crippen LogP contribution in [-0.2, 0) is 6.42 Å². The van der Waals surface area contributed by atoms with Crippen molar-refractivity contribution in [1.29, 1.82) is 0 Å². The maximum Gasteiger partial charge on any atom is 0.236 e. The third-order valence-electron chi connectivity index (χ3n) is 3.02. The summed E-state index contributed by atoms with van der Waals surface area (Å²) in [6.07, 6.45) is 2.99. The van der Waals surface area contributed by atoms with Crippen molar-refractivity contribution >= 4 is 0 Å². The van der Waals surface area contributed by atoms with Crippen LogP contribution < -0.4 is 10.3 Å². The zero-order valence-corrected chi connectivity index (χ0v) is 8.43. The minimum atomic E-state index is -0.0360. The molecule has 0 saturated carbocycles. The topological polar surface area (TPSA) is 29.9 Å². The van der Waals surface area contributed by atoms with Gasteiger partial charge in [-0.3, -0.25) is 5.73 Å². The van der Waals surface area contributed by atoms with Gasteiger partial charge in [-0.15, -0.1) is 0 Å². The van der Waals surface area contributed by atoms with Gasteiger partial charge in [-0.05, 0) is 5.56 Å². The van der Waals surface area contributed by atoms with Gasteiger partial charge in [-0.25, -0.2) is 0 Å². The summed E-state index contributed by atoms with van der Waals surface area (Å²) >= 11 is 0. The van der Waals surface area contributed by atoms with Crippen molar-refractivity contribution in [2.45, 2.75) is 12.6 Å². The van der Waals surface area contributed by atoms with Gasteiger partial charge < -0.3 is 0 Å². The van der Waals surface area contributed by atoms with Crippen molar-refractivity contribution < 1.29 is 4.57 Å². The van der Waals surface area contributed by atoms with E-state index in [1.54, 1.807) is 0 Å². The Labute approximate surface area is 89.0 Å². The Kier molecular flexibility index (Phi) is 1.82. The van der Waals surface area contributed by atoms with Crippen molar-refractivity contribution in [1.82, 2.24) is 0 Å². The first-order valence-electron chi connectivity index (χ1n) is 5.19. The van der Waals surface area contributed by atoms with Crippen LogP contribution in [0.4, 0.5) is 0 Å². The van der Waals surface area contributed by atoms with E-state index in [2.05, 4.69) is 41.1 Å². The Bertz CT molecular complexity index is 460. The maximum absolute atomic E-state index is 6.22. The molecule has 0 bridgehead atoms. The Morgan fingerprint density at radius 1 is 1.07 bits per heavy atom. The first-order valence-corrected chi connectivity index (χ1v) is 5.19. The highest BCUT2D eigenvalue weighted by atomic mass is 15.1. The quantitative estimate of drug-likeness (QED) is 0.635. The fourth-order valence-electron chi connectivity index (χ4n) is 2.24. The van der Waals surface area contributed by atoms with E-state index >= 15 is 0 Å². The fourth-order valence-corrected chi connectivity index (χ4v) is 2.24. The number of benzene rings is 1. The van der Waals surface area contributed by atoms with Crippen LogP contribution in [0.3, 0.4) is 0 Å². The Hall–Kier alpha value is -1.67. The lowest BCUT2D eigenvalue weighted by Crippen LogP contribution is -2.51. The molecule has 3 rings (SSSR count). The second-order valence-electron chi connectivity index (χ2n) is 3.92. The number of pyridine rings is 1. The van der Waals surface area contributed by atoms with Gasteiger partial charge in [0.15, 0.2) is 11.9 Å². The standard InChI is InChI=1S/C13H13N2/c14-13-12-7-2-1-5-10(12)9-11-6-3-4-8-15(11)13/h1-8,13H,9,14H2/q+1. The summed E-state index contributed by atoms with van der Waals surface area (Å²) in [6.45, 7) is 0. The van der Waals surface area contributed by atoms with E-state index < -0.39 is 0 Å². The molecule has 74 valence electrons. The molecule has 2 heterocycles. The van der Waals surface area contributed by atoms with Crippen LogP contribution in [0.1, 0.15) is 23.0 Å². The van der Waals surface area contributed by atoms with Gasteiger partial charge in [0, 0.05) is 17.7 Å². The van der Waals surface area contributed by atoms with Crippen molar-refractivity contribution in [3.8, 4) is 0 Å². The summed E-state index contributed by atoms with van der Waals surface area (Å²) in [5, 5.41) is 0. The summed E-state index contributed by atoms with van der Waals surface area (Å²) in [7, 11) is 0. The highest BCUT2D eigenvalue weighted by Gasteiger charge is 2.27. The van der Waals surface area contributed by atoms with E-state index in [1.807, 2.05) is 12.1 Å². The number of hydrogen-bond donors (Lipinski definition) is 1. The van der Waals surface area contributed by atoms with E-state index in [0.717, 1.165) is 6.42 Å². The Balaban J connectivity index is 2.20. The minimum absolute atomic E-state index is 0.0360. The zero-order valence-electron chi connectivity index (χ0n) is 8.43. The molecule has 2 heteroatoms. The van der Waals surface area contributed by atoms with Crippen LogP contribution in [-0.4, -0.2) is 0 Å². The average Bonchev–Trinajstić information content (AvgIpc) is 2.30. The Morgan fingerprint density at radius 2 is 1.87 bits per heavy atom. The summed E-state index contributed by atoms with van der Waals surface area (Å²) in [5.74, 6) is 0. The molecule has 0 radical (unpaired) electrons. The first-order chi connectivity index (χ1) is 7.36. The molecule has 15 heavy (non-hydrogen) atoms. The lowest BCUT2D eigenvalue weighted by atomic mass is 9.96. The average molecular weight is 197 g/mol. The van der Waals surface area contributed by atoms with E-state index in [-0.39, 0.29) is 6.17 Å². The number of aromatic nitrogens is 1. The number of rotatable bonds is 0. The number of fused-ring (bicyclic) bond motifs is 2. The number of nitrogens with zero attached hydrogens (tertiary/aromatic N) is 1. The summed E-state index contributed by atoms with van der Waals surface area (Å²) in [4.78, 5) is 0. The monoisotopic (exact) mass is 197 g/mol. The Morgan fingerprint density at radius 3 is 2.80 bits per heavy atom. The van der Waals surface area contributed by atoms with Crippen molar-refractivity contribution in [2.24, 2.45) is 5.73 Å². The molecule has 0 fully saturated rings. The van der Waals surface area contributed by atoms with Gasteiger partial charge in [0.1, 0.15) is 0 Å². The van der Waals surface area contributed by atoms with Gasteiger partial charge in [-0.2, -0.15) is 4.57 Å². The molecule has 0 aliphatic carbocycles. The molecule has 1 unspecified atom stereocenters. The van der Waals surface area contributed by atoms with Crippen LogP contribution in [0.15, 0.2) is 48.7 Å². The van der Waals surface area contributed by atoms with Crippen molar-refractivity contribution in [3.05, 3.63) is 65.5 Å². The molecule has 1 atom stereocenters. The van der Waals surface area contributed by atoms with Crippen LogP contribution >= 0.6 is 0 Å². The van der Waals surface area contributed by atoms with Crippen LogP contribution in [0.5, 0.6) is 0 Å². The molecule has 1 aliphatic heterocycles. The highest BCUT2D eigenvalue weighted by Crippen LogP contribution is 2.21. The third-order valence-corrected chi connectivity index (χ3v) is 3.02. The van der Waals surface area contributed by atoms with Crippen LogP contribution in [0.25, 0.3) is 0 Å². The van der Waals surface area contributed by atoms with Crippen LogP contribution in [0, 0.1) is 0 Å². The summed E-state index contributed by atoms with van der Waals surface area (Å²) < 4.78 is 2.14. The minimum Gasteiger partial charge on any atom is -0.269 e. The highest BCUT2D eigenvalue weighted by molar-refractivity contribution is 5.33. The molecule has 2 N–H and O–H groups in total. The van der Waals surface area contributed by atoms with E-state index in [0.29, 0.717) is 0 Å². The first kappa shape index (κ1) is 8.62. The van der Waals surface area contributed by atoms with E-state index in [9.17, 15) is 0 Å². The fraction of sp³-hybridized carbons (Fsp3) is 0.154. The number of hydrogen-bond acceptors (Lipinski definition) is 1. The summed E-state index contributed by atoms with van der Waals surface area (Å²) in [6, 6.07) is 14.6. The van der Waals surface area contributed by atoms with Crippen LogP contribution in [0.2, 0.25) is 0 Å². The second-order valence-corrected chi connectivity index (χ2v) is 3.92. The van der Waals surface area contributed by atoms with E-state index in [1.165, 1.54) is 16.8 Å². The largest absolute Gasteiger partial charge is 0.269 e. The lowest BCUT2D eigenvalue weighted by molar-refractivity contribution is -0.722. The number of nitrogens with two attached hydrogens (primary N) is 1. The maximum atomic E-state index is 6.22. The molecular weight excluding hydrogens is 184 g/mol. The molecular formula is C13H13N2+. The summed E-state index contributed by atoms with van der Waals surface area (Å²) in [5.41, 5.74) is 10.1. The van der Waals surface area contributed by atoms with Gasteiger partial charge in [0.2, 0.25) is 6.17 Å². The molecule has 0 saturated heterocycles. The molecule has 1 aromatic heterocycles. The van der Waals surface area contributed by atoms with Gasteiger partial charge >= 0.3 is 0 Å². The second kappa shape index (κ2) is 3.17. The third kappa shape index (κ3) is 1.26. The van der Waals surface area contributed by atoms with Crippen molar-refractivity contribution in [3.63, 3.8) is 0 Å². The lowest BCUT2D eigenvalue weighted by Gasteiger charge is -2.19. The van der Waals surface area contributed by atoms with Gasteiger partial charge in [-0.1, -0.05) is 30.3 Å². The normalized spacial score (nSPS) is 18.1. The predicted molar refractivity (Wildman–Crippen MR) is 58.2 cm³/mol. The smallest absolute Gasteiger partial charge is 0.236 e. The zero-order chi connectivity index (χ0) is 10.3. The molecule has 2 aromatic rings. The van der Waals surface area contributed by atoms with Gasteiger partial charge in [0.05, 0.1) is 6.42 Å². The molecule has 0 amide bonds. The molecule has 1 aromatic carbocycles. The SMILES string of the molecule is NC1c2ccccc2Cc2cccc[n+]21. The molecule has 1 aliphatic rings. The molecule has 0 spiro atoms. The predicted octanol–water partition coefficient (Wildman–Crippen LogP) is 1.38. The molecule has 2 nitrogen and oxygen atoms in total. The van der Waals surface area contributed by atoms with E-state index in [4.69, 9.17) is 5.73 Å². The van der Waals surface area contributed by atoms with Gasteiger partial charge in [0.25, 0.3) is 0 Å².